The molecule has 146 valence electrons. The van der Waals surface area contributed by atoms with E-state index in [9.17, 15) is 14.4 Å². The van der Waals surface area contributed by atoms with Gasteiger partial charge < -0.3 is 15.4 Å². The number of ketones is 1. The Kier molecular flexibility index (Phi) is 5.94. The largest absolute Gasteiger partial charge is 0.465 e. The van der Waals surface area contributed by atoms with Crippen LogP contribution < -0.4 is 10.6 Å². The van der Waals surface area contributed by atoms with E-state index in [1.807, 2.05) is 0 Å². The van der Waals surface area contributed by atoms with E-state index in [-0.39, 0.29) is 17.4 Å². The fraction of sp³-hybridized carbons (Fsp3) is 0.0952. The van der Waals surface area contributed by atoms with Gasteiger partial charge >= 0.3 is 5.97 Å². The number of benzene rings is 2. The van der Waals surface area contributed by atoms with Crippen molar-refractivity contribution in [1.29, 1.82) is 0 Å². The molecule has 2 aromatic carbocycles. The first kappa shape index (κ1) is 19.7. The lowest BCUT2D eigenvalue weighted by Gasteiger charge is -2.08. The number of hydrogen-bond acceptors (Lipinski definition) is 7. The number of hydrogen-bond donors (Lipinski definition) is 2. The standard InChI is InChI=1S/C21H18N4O4/c1-13(26)14-3-7-16(8-4-14)23-19(27)18-11-12-22-21(25-18)24-17-9-5-15(6-10-17)20(28)29-2/h3-12H,1-2H3,(H,23,27)(H,22,24,25). The average Bonchev–Trinajstić information content (AvgIpc) is 2.74. The number of rotatable bonds is 6. The highest BCUT2D eigenvalue weighted by Crippen LogP contribution is 2.16. The topological polar surface area (TPSA) is 110 Å². The molecule has 1 heterocycles. The van der Waals surface area contributed by atoms with Crippen molar-refractivity contribution < 1.29 is 19.1 Å². The van der Waals surface area contributed by atoms with Gasteiger partial charge in [-0.2, -0.15) is 0 Å². The molecule has 0 saturated heterocycles. The predicted octanol–water partition coefficient (Wildman–Crippen LogP) is 3.46. The van der Waals surface area contributed by atoms with Crippen molar-refractivity contribution in [3.8, 4) is 0 Å². The fourth-order valence-corrected chi connectivity index (χ4v) is 2.47. The quantitative estimate of drug-likeness (QED) is 0.490. The van der Waals surface area contributed by atoms with Crippen LogP contribution in [0.3, 0.4) is 0 Å². The first-order valence-electron chi connectivity index (χ1n) is 8.67. The number of carbonyl (C=O) groups is 3. The van der Waals surface area contributed by atoms with Crippen molar-refractivity contribution in [2.24, 2.45) is 0 Å². The molecule has 1 amide bonds. The summed E-state index contributed by atoms with van der Waals surface area (Å²) in [5.74, 6) is -0.653. The second kappa shape index (κ2) is 8.75. The van der Waals surface area contributed by atoms with Crippen molar-refractivity contribution in [3.05, 3.63) is 77.6 Å². The third-order valence-corrected chi connectivity index (χ3v) is 4.00. The monoisotopic (exact) mass is 390 g/mol. The second-order valence-corrected chi connectivity index (χ2v) is 6.05. The molecule has 0 radical (unpaired) electrons. The minimum absolute atomic E-state index is 0.0472. The number of esters is 1. The lowest BCUT2D eigenvalue weighted by atomic mass is 10.1. The van der Waals surface area contributed by atoms with Gasteiger partial charge in [0.05, 0.1) is 12.7 Å². The molecule has 0 atom stereocenters. The van der Waals surface area contributed by atoms with Crippen LogP contribution in [0.4, 0.5) is 17.3 Å². The molecule has 8 heteroatoms. The molecule has 1 aromatic heterocycles. The second-order valence-electron chi connectivity index (χ2n) is 6.05. The molecule has 0 spiro atoms. The molecule has 3 aromatic rings. The van der Waals surface area contributed by atoms with Crippen LogP contribution in [0.2, 0.25) is 0 Å². The van der Waals surface area contributed by atoms with E-state index < -0.39 is 11.9 Å². The van der Waals surface area contributed by atoms with Crippen LogP contribution in [0.15, 0.2) is 60.8 Å². The fourth-order valence-electron chi connectivity index (χ4n) is 2.47. The Hall–Kier alpha value is -4.07. The molecular formula is C21H18N4O4. The Morgan fingerprint density at radius 1 is 0.862 bits per heavy atom. The Morgan fingerprint density at radius 3 is 2.10 bits per heavy atom. The Balaban J connectivity index is 1.69. The minimum Gasteiger partial charge on any atom is -0.465 e. The van der Waals surface area contributed by atoms with E-state index in [4.69, 9.17) is 0 Å². The Bertz CT molecular complexity index is 1050. The van der Waals surface area contributed by atoms with Gasteiger partial charge in [0.15, 0.2) is 5.78 Å². The van der Waals surface area contributed by atoms with Gasteiger partial charge in [-0.25, -0.2) is 14.8 Å². The third kappa shape index (κ3) is 5.01. The Morgan fingerprint density at radius 2 is 1.48 bits per heavy atom. The van der Waals surface area contributed by atoms with E-state index in [2.05, 4.69) is 25.3 Å². The number of anilines is 3. The molecule has 0 unspecified atom stereocenters. The third-order valence-electron chi connectivity index (χ3n) is 4.00. The zero-order valence-corrected chi connectivity index (χ0v) is 15.8. The van der Waals surface area contributed by atoms with Gasteiger partial charge in [-0.05, 0) is 61.5 Å². The van der Waals surface area contributed by atoms with Gasteiger partial charge in [0.2, 0.25) is 5.95 Å². The first-order chi connectivity index (χ1) is 14.0. The SMILES string of the molecule is COC(=O)c1ccc(Nc2nccc(C(=O)Nc3ccc(C(C)=O)cc3)n2)cc1. The molecule has 0 saturated carbocycles. The molecule has 2 N–H and O–H groups in total. The smallest absolute Gasteiger partial charge is 0.337 e. The van der Waals surface area contributed by atoms with Crippen molar-refractivity contribution in [2.75, 3.05) is 17.7 Å². The highest BCUT2D eigenvalue weighted by atomic mass is 16.5. The Labute approximate surface area is 167 Å². The van der Waals surface area contributed by atoms with Crippen LogP contribution in [0.5, 0.6) is 0 Å². The van der Waals surface area contributed by atoms with Gasteiger partial charge in [-0.1, -0.05) is 0 Å². The molecule has 29 heavy (non-hydrogen) atoms. The van der Waals surface area contributed by atoms with Crippen LogP contribution in [-0.4, -0.2) is 34.7 Å². The summed E-state index contributed by atoms with van der Waals surface area (Å²) >= 11 is 0. The summed E-state index contributed by atoms with van der Waals surface area (Å²) in [5, 5.41) is 5.70. The molecule has 8 nitrogen and oxygen atoms in total. The summed E-state index contributed by atoms with van der Waals surface area (Å²) in [6.07, 6.45) is 1.46. The number of methoxy groups -OCH3 is 1. The molecule has 0 aliphatic heterocycles. The van der Waals surface area contributed by atoms with E-state index in [1.165, 1.54) is 26.3 Å². The van der Waals surface area contributed by atoms with Crippen molar-refractivity contribution in [1.82, 2.24) is 9.97 Å². The van der Waals surface area contributed by atoms with Gasteiger partial charge in [-0.3, -0.25) is 9.59 Å². The van der Waals surface area contributed by atoms with Gasteiger partial charge in [0.25, 0.3) is 5.91 Å². The van der Waals surface area contributed by atoms with Crippen molar-refractivity contribution >= 4 is 35.0 Å². The van der Waals surface area contributed by atoms with Crippen molar-refractivity contribution in [3.63, 3.8) is 0 Å². The summed E-state index contributed by atoms with van der Waals surface area (Å²) in [6.45, 7) is 1.48. The van der Waals surface area contributed by atoms with Crippen molar-refractivity contribution in [2.45, 2.75) is 6.92 Å². The number of Topliss-reactive ketones (excluding diaryl/α,β-unsaturated/α-hetero) is 1. The molecule has 3 rings (SSSR count). The van der Waals surface area contributed by atoms with E-state index in [0.717, 1.165) is 0 Å². The lowest BCUT2D eigenvalue weighted by molar-refractivity contribution is 0.0600. The van der Waals surface area contributed by atoms with Gasteiger partial charge in [0.1, 0.15) is 5.69 Å². The minimum atomic E-state index is -0.428. The maximum absolute atomic E-state index is 12.4. The van der Waals surface area contributed by atoms with Crippen LogP contribution in [0, 0.1) is 0 Å². The molecule has 0 bridgehead atoms. The summed E-state index contributed by atoms with van der Waals surface area (Å²) < 4.78 is 4.66. The maximum Gasteiger partial charge on any atom is 0.337 e. The normalized spacial score (nSPS) is 10.1. The number of aromatic nitrogens is 2. The van der Waals surface area contributed by atoms with Crippen LogP contribution in [0.1, 0.15) is 38.1 Å². The number of nitrogens with zero attached hydrogens (tertiary/aromatic N) is 2. The number of ether oxygens (including phenoxy) is 1. The summed E-state index contributed by atoms with van der Waals surface area (Å²) in [5.41, 5.74) is 2.35. The number of nitrogens with one attached hydrogen (secondary N) is 2. The van der Waals surface area contributed by atoms with Gasteiger partial charge in [-0.15, -0.1) is 0 Å². The molecule has 0 fully saturated rings. The van der Waals surface area contributed by atoms with Crippen LogP contribution in [0.25, 0.3) is 0 Å². The highest BCUT2D eigenvalue weighted by molar-refractivity contribution is 6.03. The maximum atomic E-state index is 12.4. The zero-order chi connectivity index (χ0) is 20.8. The summed E-state index contributed by atoms with van der Waals surface area (Å²) in [6, 6.07) is 14.6. The van der Waals surface area contributed by atoms with E-state index >= 15 is 0 Å². The lowest BCUT2D eigenvalue weighted by Crippen LogP contribution is -2.14. The van der Waals surface area contributed by atoms with E-state index in [0.29, 0.717) is 22.5 Å². The number of carbonyl (C=O) groups excluding carboxylic acids is 3. The molecular weight excluding hydrogens is 372 g/mol. The van der Waals surface area contributed by atoms with E-state index in [1.54, 1.807) is 48.5 Å². The van der Waals surface area contributed by atoms with Crippen LogP contribution in [-0.2, 0) is 4.74 Å². The first-order valence-corrected chi connectivity index (χ1v) is 8.67. The zero-order valence-electron chi connectivity index (χ0n) is 15.8. The average molecular weight is 390 g/mol. The molecule has 0 aliphatic rings. The summed E-state index contributed by atoms with van der Waals surface area (Å²) in [4.78, 5) is 43.5. The van der Waals surface area contributed by atoms with Crippen LogP contribution >= 0.6 is 0 Å². The molecule has 0 aliphatic carbocycles. The predicted molar refractivity (Wildman–Crippen MR) is 107 cm³/mol. The highest BCUT2D eigenvalue weighted by Gasteiger charge is 2.11. The number of amides is 1. The van der Waals surface area contributed by atoms with Gasteiger partial charge in [0, 0.05) is 23.1 Å². The summed E-state index contributed by atoms with van der Waals surface area (Å²) in [7, 11) is 1.32.